The van der Waals surface area contributed by atoms with Crippen LogP contribution in [0.15, 0.2) is 12.1 Å². The summed E-state index contributed by atoms with van der Waals surface area (Å²) in [6, 6.07) is 3.95. The van der Waals surface area contributed by atoms with Gasteiger partial charge in [0.1, 0.15) is 5.69 Å². The first-order valence-electron chi connectivity index (χ1n) is 6.87. The van der Waals surface area contributed by atoms with Gasteiger partial charge in [-0.3, -0.25) is 4.90 Å². The molecular formula is C15H19F2N3. The minimum Gasteiger partial charge on any atom is -0.364 e. The summed E-state index contributed by atoms with van der Waals surface area (Å²) in [5, 5.41) is 8.70. The van der Waals surface area contributed by atoms with Crippen molar-refractivity contribution >= 4 is 5.69 Å². The molecule has 3 nitrogen and oxygen atoms in total. The molecule has 0 bridgehead atoms. The largest absolute Gasteiger partial charge is 0.364 e. The Balaban J connectivity index is 2.09. The third-order valence-electron chi connectivity index (χ3n) is 3.46. The van der Waals surface area contributed by atoms with Crippen LogP contribution in [0, 0.1) is 28.9 Å². The van der Waals surface area contributed by atoms with E-state index in [2.05, 4.69) is 18.7 Å². The molecule has 0 aromatic heterocycles. The number of piperazine rings is 1. The minimum atomic E-state index is -0.654. The van der Waals surface area contributed by atoms with Crippen LogP contribution in [0.4, 0.5) is 14.5 Å². The lowest BCUT2D eigenvalue weighted by Crippen LogP contribution is -2.48. The van der Waals surface area contributed by atoms with Gasteiger partial charge >= 0.3 is 0 Å². The van der Waals surface area contributed by atoms with Gasteiger partial charge in [0.25, 0.3) is 0 Å². The van der Waals surface area contributed by atoms with Crippen molar-refractivity contribution in [1.29, 1.82) is 5.26 Å². The zero-order chi connectivity index (χ0) is 14.7. The fourth-order valence-corrected chi connectivity index (χ4v) is 2.60. The van der Waals surface area contributed by atoms with Gasteiger partial charge in [-0.25, -0.2) is 8.78 Å². The van der Waals surface area contributed by atoms with E-state index in [-0.39, 0.29) is 11.3 Å². The maximum absolute atomic E-state index is 13.9. The zero-order valence-corrected chi connectivity index (χ0v) is 11.9. The Morgan fingerprint density at radius 3 is 2.15 bits per heavy atom. The number of hydrogen-bond donors (Lipinski definition) is 0. The summed E-state index contributed by atoms with van der Waals surface area (Å²) in [6.45, 7) is 8.14. The van der Waals surface area contributed by atoms with E-state index in [0.29, 0.717) is 19.0 Å². The third-order valence-corrected chi connectivity index (χ3v) is 3.46. The maximum atomic E-state index is 13.9. The molecule has 0 atom stereocenters. The summed E-state index contributed by atoms with van der Waals surface area (Å²) in [4.78, 5) is 4.03. The second-order valence-corrected chi connectivity index (χ2v) is 5.58. The summed E-state index contributed by atoms with van der Waals surface area (Å²) in [5.41, 5.74) is 0.00962. The molecule has 20 heavy (non-hydrogen) atoms. The molecule has 2 rings (SSSR count). The van der Waals surface area contributed by atoms with Crippen LogP contribution in [-0.4, -0.2) is 37.6 Å². The number of halogens is 2. The molecular weight excluding hydrogens is 260 g/mol. The number of nitriles is 1. The van der Waals surface area contributed by atoms with Crippen LogP contribution in [0.2, 0.25) is 0 Å². The standard InChI is InChI=1S/C15H19F2N3/c1-11(2)10-19-3-5-20(6-4-19)15-13(16)7-12(9-18)8-14(15)17/h7-8,11H,3-6,10H2,1-2H3. The van der Waals surface area contributed by atoms with Gasteiger partial charge in [0, 0.05) is 32.7 Å². The Labute approximate surface area is 118 Å². The van der Waals surface area contributed by atoms with E-state index in [9.17, 15) is 8.78 Å². The number of nitrogens with zero attached hydrogens (tertiary/aromatic N) is 3. The molecule has 0 amide bonds. The lowest BCUT2D eigenvalue weighted by molar-refractivity contribution is 0.230. The maximum Gasteiger partial charge on any atom is 0.150 e. The number of anilines is 1. The molecule has 0 saturated carbocycles. The number of hydrogen-bond acceptors (Lipinski definition) is 3. The third kappa shape index (κ3) is 3.26. The summed E-state index contributed by atoms with van der Waals surface area (Å²) in [6.07, 6.45) is 0. The van der Waals surface area contributed by atoms with E-state index in [4.69, 9.17) is 5.26 Å². The first-order chi connectivity index (χ1) is 9.51. The lowest BCUT2D eigenvalue weighted by Gasteiger charge is -2.37. The molecule has 1 aromatic rings. The quantitative estimate of drug-likeness (QED) is 0.852. The highest BCUT2D eigenvalue weighted by Crippen LogP contribution is 2.26. The van der Waals surface area contributed by atoms with Crippen molar-refractivity contribution in [3.8, 4) is 6.07 Å². The molecule has 1 aliphatic heterocycles. The number of benzene rings is 1. The molecule has 1 aromatic carbocycles. The summed E-state index contributed by atoms with van der Waals surface area (Å²) < 4.78 is 27.9. The van der Waals surface area contributed by atoms with Crippen LogP contribution in [0.3, 0.4) is 0 Å². The van der Waals surface area contributed by atoms with E-state index in [1.54, 1.807) is 11.0 Å². The first kappa shape index (κ1) is 14.7. The summed E-state index contributed by atoms with van der Waals surface area (Å²) in [7, 11) is 0. The van der Waals surface area contributed by atoms with Gasteiger partial charge in [-0.05, 0) is 18.1 Å². The molecule has 0 N–H and O–H groups in total. The fourth-order valence-electron chi connectivity index (χ4n) is 2.60. The minimum absolute atomic E-state index is 0.00630. The van der Waals surface area contributed by atoms with Crippen LogP contribution < -0.4 is 4.90 Å². The van der Waals surface area contributed by atoms with E-state index >= 15 is 0 Å². The normalized spacial score (nSPS) is 16.5. The van der Waals surface area contributed by atoms with Crippen molar-refractivity contribution in [1.82, 2.24) is 4.90 Å². The van der Waals surface area contributed by atoms with Crippen LogP contribution in [0.5, 0.6) is 0 Å². The smallest absolute Gasteiger partial charge is 0.150 e. The van der Waals surface area contributed by atoms with Gasteiger partial charge in [-0.1, -0.05) is 13.8 Å². The highest BCUT2D eigenvalue weighted by molar-refractivity contribution is 5.53. The van der Waals surface area contributed by atoms with Gasteiger partial charge in [0.15, 0.2) is 11.6 Å². The fraction of sp³-hybridized carbons (Fsp3) is 0.533. The van der Waals surface area contributed by atoms with Crippen molar-refractivity contribution < 1.29 is 8.78 Å². The molecule has 1 fully saturated rings. The van der Waals surface area contributed by atoms with Gasteiger partial charge < -0.3 is 4.90 Å². The topological polar surface area (TPSA) is 30.3 Å². The van der Waals surface area contributed by atoms with Crippen molar-refractivity contribution in [3.63, 3.8) is 0 Å². The van der Waals surface area contributed by atoms with Crippen molar-refractivity contribution in [2.45, 2.75) is 13.8 Å². The van der Waals surface area contributed by atoms with Crippen LogP contribution in [0.25, 0.3) is 0 Å². The molecule has 1 aliphatic rings. The Hall–Kier alpha value is -1.67. The molecule has 0 radical (unpaired) electrons. The Bertz CT molecular complexity index is 491. The molecule has 5 heteroatoms. The molecule has 0 aliphatic carbocycles. The summed E-state index contributed by atoms with van der Waals surface area (Å²) in [5.74, 6) is -0.720. The van der Waals surface area contributed by atoms with Crippen LogP contribution in [0.1, 0.15) is 19.4 Å². The average Bonchev–Trinajstić information content (AvgIpc) is 2.39. The highest BCUT2D eigenvalue weighted by Gasteiger charge is 2.23. The second kappa shape index (κ2) is 6.19. The van der Waals surface area contributed by atoms with Gasteiger partial charge in [0.05, 0.1) is 11.6 Å². The van der Waals surface area contributed by atoms with Crippen molar-refractivity contribution in [2.24, 2.45) is 5.92 Å². The SMILES string of the molecule is CC(C)CN1CCN(c2c(F)cc(C#N)cc2F)CC1. The van der Waals surface area contributed by atoms with Crippen molar-refractivity contribution in [2.75, 3.05) is 37.6 Å². The van der Waals surface area contributed by atoms with Crippen LogP contribution >= 0.6 is 0 Å². The molecule has 0 spiro atoms. The Morgan fingerprint density at radius 2 is 1.70 bits per heavy atom. The molecule has 0 unspecified atom stereocenters. The Kier molecular flexibility index (Phi) is 4.56. The monoisotopic (exact) mass is 279 g/mol. The van der Waals surface area contributed by atoms with E-state index in [1.165, 1.54) is 0 Å². The number of rotatable bonds is 3. The van der Waals surface area contributed by atoms with Crippen LogP contribution in [-0.2, 0) is 0 Å². The molecule has 108 valence electrons. The highest BCUT2D eigenvalue weighted by atomic mass is 19.1. The van der Waals surface area contributed by atoms with E-state index < -0.39 is 11.6 Å². The average molecular weight is 279 g/mol. The van der Waals surface area contributed by atoms with Gasteiger partial charge in [-0.15, -0.1) is 0 Å². The summed E-state index contributed by atoms with van der Waals surface area (Å²) >= 11 is 0. The predicted molar refractivity (Wildman–Crippen MR) is 74.6 cm³/mol. The first-order valence-corrected chi connectivity index (χ1v) is 6.87. The van der Waals surface area contributed by atoms with Gasteiger partial charge in [-0.2, -0.15) is 5.26 Å². The molecule has 1 saturated heterocycles. The zero-order valence-electron chi connectivity index (χ0n) is 11.9. The van der Waals surface area contributed by atoms with Crippen molar-refractivity contribution in [3.05, 3.63) is 29.3 Å². The van der Waals surface area contributed by atoms with Gasteiger partial charge in [0.2, 0.25) is 0 Å². The lowest BCUT2D eigenvalue weighted by atomic mass is 10.1. The van der Waals surface area contributed by atoms with E-state index in [1.807, 2.05) is 0 Å². The second-order valence-electron chi connectivity index (χ2n) is 5.58. The Morgan fingerprint density at radius 1 is 1.15 bits per heavy atom. The van der Waals surface area contributed by atoms with E-state index in [0.717, 1.165) is 31.8 Å². The predicted octanol–water partition coefficient (Wildman–Crippen LogP) is 2.61. The molecule has 1 heterocycles.